The Morgan fingerprint density at radius 1 is 1.00 bits per heavy atom. The summed E-state index contributed by atoms with van der Waals surface area (Å²) in [5, 5.41) is 9.86. The molecule has 2 heterocycles. The quantitative estimate of drug-likeness (QED) is 0.287. The zero-order chi connectivity index (χ0) is 30.1. The summed E-state index contributed by atoms with van der Waals surface area (Å²) in [5.74, 6) is 0.626. The molecular formula is C34H45N5O3. The van der Waals surface area contributed by atoms with E-state index < -0.39 is 0 Å². The van der Waals surface area contributed by atoms with Crippen LogP contribution in [0.3, 0.4) is 0 Å². The Balaban J connectivity index is 1.25. The van der Waals surface area contributed by atoms with Crippen LogP contribution >= 0.6 is 0 Å². The van der Waals surface area contributed by atoms with Crippen LogP contribution in [-0.2, 0) is 0 Å². The SMILES string of the molecule is COc1ccc(C(NC2CCN([C@H](C)CCNC(=O)c3ccc(C(=O)NC(C)C)cc3C)CC2)c2cccnc2)cc1. The third-order valence-corrected chi connectivity index (χ3v) is 8.02. The first kappa shape index (κ1) is 31.2. The fraction of sp³-hybridized carbons (Fsp3) is 0.441. The molecule has 2 amide bonds. The summed E-state index contributed by atoms with van der Waals surface area (Å²) >= 11 is 0. The zero-order valence-corrected chi connectivity index (χ0v) is 25.5. The first-order chi connectivity index (χ1) is 20.2. The summed E-state index contributed by atoms with van der Waals surface area (Å²) < 4.78 is 5.36. The van der Waals surface area contributed by atoms with E-state index >= 15 is 0 Å². The minimum Gasteiger partial charge on any atom is -0.497 e. The molecule has 1 aromatic heterocycles. The first-order valence-corrected chi connectivity index (χ1v) is 15.0. The van der Waals surface area contributed by atoms with Crippen molar-refractivity contribution in [3.05, 3.63) is 94.8 Å². The van der Waals surface area contributed by atoms with Crippen molar-refractivity contribution in [1.82, 2.24) is 25.8 Å². The number of amides is 2. The van der Waals surface area contributed by atoms with Crippen LogP contribution in [0.1, 0.15) is 83.5 Å². The van der Waals surface area contributed by atoms with Crippen molar-refractivity contribution in [2.24, 2.45) is 0 Å². The standard InChI is InChI=1S/C34H45N5O3/c1-23(2)37-33(40)27-10-13-31(24(3)21-27)34(41)36-18-14-25(4)39-19-15-29(16-20-39)38-32(28-7-6-17-35-22-28)26-8-11-30(42-5)12-9-26/h6-13,17,21-23,25,29,32,38H,14-16,18-20H2,1-5H3,(H,36,41)(H,37,40)/t25-,32?/m1/s1. The van der Waals surface area contributed by atoms with Gasteiger partial charge >= 0.3 is 0 Å². The van der Waals surface area contributed by atoms with Gasteiger partial charge in [-0.15, -0.1) is 0 Å². The lowest BCUT2D eigenvalue weighted by molar-refractivity contribution is 0.0930. The summed E-state index contributed by atoms with van der Waals surface area (Å²) in [7, 11) is 1.69. The highest BCUT2D eigenvalue weighted by atomic mass is 16.5. The minimum absolute atomic E-state index is 0.0629. The number of carbonyl (C=O) groups is 2. The molecule has 224 valence electrons. The van der Waals surface area contributed by atoms with E-state index in [0.717, 1.165) is 49.2 Å². The number of aromatic nitrogens is 1. The van der Waals surface area contributed by atoms with Gasteiger partial charge in [0.1, 0.15) is 5.75 Å². The molecular weight excluding hydrogens is 526 g/mol. The third-order valence-electron chi connectivity index (χ3n) is 8.02. The average Bonchev–Trinajstić information content (AvgIpc) is 3.00. The number of methoxy groups -OCH3 is 1. The van der Waals surface area contributed by atoms with Crippen LogP contribution in [0, 0.1) is 6.92 Å². The van der Waals surface area contributed by atoms with Crippen molar-refractivity contribution in [1.29, 1.82) is 0 Å². The van der Waals surface area contributed by atoms with Crippen molar-refractivity contribution in [2.45, 2.75) is 71.1 Å². The van der Waals surface area contributed by atoms with Crippen molar-refractivity contribution in [3.8, 4) is 5.75 Å². The minimum atomic E-state index is -0.124. The van der Waals surface area contributed by atoms with Crippen molar-refractivity contribution in [2.75, 3.05) is 26.7 Å². The second-order valence-corrected chi connectivity index (χ2v) is 11.5. The maximum Gasteiger partial charge on any atom is 0.251 e. The summed E-state index contributed by atoms with van der Waals surface area (Å²) in [6.07, 6.45) is 6.73. The zero-order valence-electron chi connectivity index (χ0n) is 25.5. The fourth-order valence-electron chi connectivity index (χ4n) is 5.55. The number of benzene rings is 2. The molecule has 1 saturated heterocycles. The van der Waals surface area contributed by atoms with Gasteiger partial charge in [0.15, 0.2) is 0 Å². The molecule has 3 aromatic rings. The molecule has 0 aliphatic carbocycles. The van der Waals surface area contributed by atoms with Gasteiger partial charge in [-0.25, -0.2) is 0 Å². The molecule has 0 bridgehead atoms. The van der Waals surface area contributed by atoms with Crippen LogP contribution in [0.25, 0.3) is 0 Å². The molecule has 1 aliphatic rings. The van der Waals surface area contributed by atoms with Crippen LogP contribution in [0.15, 0.2) is 67.0 Å². The number of nitrogens with one attached hydrogen (secondary N) is 3. The Morgan fingerprint density at radius 2 is 1.74 bits per heavy atom. The number of ether oxygens (including phenoxy) is 1. The number of rotatable bonds is 12. The molecule has 2 atom stereocenters. The van der Waals surface area contributed by atoms with Crippen LogP contribution in [0.4, 0.5) is 0 Å². The van der Waals surface area contributed by atoms with Gasteiger partial charge in [0.25, 0.3) is 11.8 Å². The number of nitrogens with zero attached hydrogens (tertiary/aromatic N) is 2. The van der Waals surface area contributed by atoms with Gasteiger partial charge in [-0.2, -0.15) is 0 Å². The fourth-order valence-corrected chi connectivity index (χ4v) is 5.55. The number of piperidine rings is 1. The van der Waals surface area contributed by atoms with Crippen LogP contribution in [0.5, 0.6) is 5.75 Å². The monoisotopic (exact) mass is 571 g/mol. The number of pyridine rings is 1. The topological polar surface area (TPSA) is 95.6 Å². The number of likely N-dealkylation sites (tertiary alicyclic amines) is 1. The van der Waals surface area contributed by atoms with Gasteiger partial charge in [-0.05, 0) is 113 Å². The molecule has 0 radical (unpaired) electrons. The van der Waals surface area contributed by atoms with Gasteiger partial charge in [0.05, 0.1) is 13.2 Å². The van der Waals surface area contributed by atoms with Crippen molar-refractivity contribution in [3.63, 3.8) is 0 Å². The van der Waals surface area contributed by atoms with Crippen LogP contribution in [0.2, 0.25) is 0 Å². The largest absolute Gasteiger partial charge is 0.497 e. The number of hydrogen-bond donors (Lipinski definition) is 3. The van der Waals surface area contributed by atoms with Gasteiger partial charge in [0.2, 0.25) is 0 Å². The van der Waals surface area contributed by atoms with Crippen LogP contribution in [-0.4, -0.2) is 66.6 Å². The number of aryl methyl sites for hydroxylation is 1. The van der Waals surface area contributed by atoms with E-state index in [0.29, 0.717) is 29.8 Å². The highest BCUT2D eigenvalue weighted by Crippen LogP contribution is 2.26. The summed E-state index contributed by atoms with van der Waals surface area (Å²) in [4.78, 5) is 32.0. The second kappa shape index (κ2) is 14.9. The summed E-state index contributed by atoms with van der Waals surface area (Å²) in [5.41, 5.74) is 4.32. The maximum atomic E-state index is 12.9. The third kappa shape index (κ3) is 8.39. The number of carbonyl (C=O) groups excluding carboxylic acids is 2. The molecule has 2 aromatic carbocycles. The lowest BCUT2D eigenvalue weighted by atomic mass is 9.96. The van der Waals surface area contributed by atoms with Crippen molar-refractivity contribution >= 4 is 11.8 Å². The Hall–Kier alpha value is -3.75. The van der Waals surface area contributed by atoms with Gasteiger partial charge in [-0.1, -0.05) is 18.2 Å². The van der Waals surface area contributed by atoms with E-state index in [9.17, 15) is 9.59 Å². The van der Waals surface area contributed by atoms with E-state index in [4.69, 9.17) is 4.74 Å². The Bertz CT molecular complexity index is 1300. The molecule has 3 N–H and O–H groups in total. The van der Waals surface area contributed by atoms with E-state index in [1.807, 2.05) is 51.4 Å². The molecule has 1 fully saturated rings. The van der Waals surface area contributed by atoms with Crippen molar-refractivity contribution < 1.29 is 14.3 Å². The van der Waals surface area contributed by atoms with E-state index in [-0.39, 0.29) is 23.9 Å². The predicted molar refractivity (Wildman–Crippen MR) is 167 cm³/mol. The molecule has 4 rings (SSSR count). The smallest absolute Gasteiger partial charge is 0.251 e. The molecule has 0 spiro atoms. The molecule has 8 nitrogen and oxygen atoms in total. The highest BCUT2D eigenvalue weighted by molar-refractivity contribution is 5.99. The van der Waals surface area contributed by atoms with Crippen LogP contribution < -0.4 is 20.7 Å². The first-order valence-electron chi connectivity index (χ1n) is 15.0. The lowest BCUT2D eigenvalue weighted by Crippen LogP contribution is -2.47. The average molecular weight is 572 g/mol. The number of hydrogen-bond acceptors (Lipinski definition) is 6. The Morgan fingerprint density at radius 3 is 2.36 bits per heavy atom. The Labute approximate surface area is 250 Å². The molecule has 1 aliphatic heterocycles. The van der Waals surface area contributed by atoms with Gasteiger partial charge < -0.3 is 25.6 Å². The van der Waals surface area contributed by atoms with E-state index in [2.05, 4.69) is 51.0 Å². The normalized spacial score (nSPS) is 15.7. The molecule has 0 saturated carbocycles. The lowest BCUT2D eigenvalue weighted by Gasteiger charge is -2.38. The highest BCUT2D eigenvalue weighted by Gasteiger charge is 2.26. The predicted octanol–water partition coefficient (Wildman–Crippen LogP) is 4.89. The van der Waals surface area contributed by atoms with E-state index in [1.54, 1.807) is 25.3 Å². The summed E-state index contributed by atoms with van der Waals surface area (Å²) in [6.45, 7) is 10.6. The summed E-state index contributed by atoms with van der Waals surface area (Å²) in [6, 6.07) is 18.5. The maximum absolute atomic E-state index is 12.9. The van der Waals surface area contributed by atoms with E-state index in [1.165, 1.54) is 5.56 Å². The second-order valence-electron chi connectivity index (χ2n) is 11.5. The van der Waals surface area contributed by atoms with Gasteiger partial charge in [-0.3, -0.25) is 14.6 Å². The molecule has 42 heavy (non-hydrogen) atoms. The molecule has 1 unspecified atom stereocenters. The Kier molecular flexibility index (Phi) is 11.1. The molecule has 8 heteroatoms. The van der Waals surface area contributed by atoms with Gasteiger partial charge in [0, 0.05) is 48.2 Å².